The lowest BCUT2D eigenvalue weighted by Crippen LogP contribution is -3.00. The molecule has 1 nitrogen and oxygen atoms in total. The van der Waals surface area contributed by atoms with Crippen molar-refractivity contribution < 1.29 is 18.1 Å². The molecular weight excluding hydrogens is 170 g/mol. The van der Waals surface area contributed by atoms with E-state index in [1.807, 2.05) is 0 Å². The molecule has 0 spiro atoms. The zero-order valence-corrected chi connectivity index (χ0v) is 9.12. The predicted octanol–water partition coefficient (Wildman–Crippen LogP) is -1.55. The lowest BCUT2D eigenvalue weighted by Gasteiger charge is -2.35. The lowest BCUT2D eigenvalue weighted by molar-refractivity contribution is -0.446. The second-order valence-corrected chi connectivity index (χ2v) is 5.31. The molecule has 2 heteroatoms. The van der Waals surface area contributed by atoms with E-state index in [2.05, 4.69) is 26.5 Å². The molecule has 0 aromatic heterocycles. The first-order chi connectivity index (χ1) is 4.98. The molecule has 3 N–H and O–H groups in total. The summed E-state index contributed by atoms with van der Waals surface area (Å²) in [7, 11) is 0. The third-order valence-corrected chi connectivity index (χ3v) is 4.97. The molecule has 2 rings (SSSR count). The third kappa shape index (κ3) is 0.898. The van der Waals surface area contributed by atoms with Gasteiger partial charge in [-0.2, -0.15) is 0 Å². The summed E-state index contributed by atoms with van der Waals surface area (Å²) in [5.41, 5.74) is 5.41. The first-order valence-electron chi connectivity index (χ1n) is 4.81. The van der Waals surface area contributed by atoms with Crippen LogP contribution >= 0.6 is 0 Å². The number of fused-ring (bicyclic) bond motifs is 2. The molecule has 3 atom stereocenters. The van der Waals surface area contributed by atoms with Gasteiger partial charge in [0.1, 0.15) is 0 Å². The van der Waals surface area contributed by atoms with Crippen LogP contribution in [0.3, 0.4) is 0 Å². The summed E-state index contributed by atoms with van der Waals surface area (Å²) in [5.74, 6) is 0.968. The van der Waals surface area contributed by atoms with Crippen molar-refractivity contribution in [2.75, 3.05) is 0 Å². The molecular formula is C10H20ClN. The van der Waals surface area contributed by atoms with E-state index in [0.717, 1.165) is 12.0 Å². The van der Waals surface area contributed by atoms with Crippen molar-refractivity contribution in [1.82, 2.24) is 0 Å². The van der Waals surface area contributed by atoms with Gasteiger partial charge in [0.2, 0.25) is 0 Å². The van der Waals surface area contributed by atoms with E-state index in [1.165, 1.54) is 19.3 Å². The number of rotatable bonds is 0. The Morgan fingerprint density at radius 2 is 1.83 bits per heavy atom. The molecule has 0 unspecified atom stereocenters. The summed E-state index contributed by atoms with van der Waals surface area (Å²) in [6.45, 7) is 7.32. The van der Waals surface area contributed by atoms with Crippen LogP contribution in [0.1, 0.15) is 40.0 Å². The fourth-order valence-corrected chi connectivity index (χ4v) is 3.37. The van der Waals surface area contributed by atoms with Crippen LogP contribution < -0.4 is 18.1 Å². The van der Waals surface area contributed by atoms with Crippen LogP contribution in [-0.4, -0.2) is 6.04 Å². The van der Waals surface area contributed by atoms with Crippen LogP contribution in [-0.2, 0) is 0 Å². The Balaban J connectivity index is 0.000000720. The van der Waals surface area contributed by atoms with Crippen molar-refractivity contribution in [3.8, 4) is 0 Å². The molecule has 0 aliphatic heterocycles. The second kappa shape index (κ2) is 2.62. The number of halogens is 1. The van der Waals surface area contributed by atoms with Crippen molar-refractivity contribution in [2.24, 2.45) is 16.7 Å². The van der Waals surface area contributed by atoms with Crippen molar-refractivity contribution in [2.45, 2.75) is 46.1 Å². The Hall–Kier alpha value is 0.250. The average Bonchev–Trinajstić information content (AvgIpc) is 2.20. The smallest absolute Gasteiger partial charge is 0.0905 e. The van der Waals surface area contributed by atoms with Gasteiger partial charge in [0.05, 0.1) is 6.04 Å². The maximum Gasteiger partial charge on any atom is 0.0905 e. The van der Waals surface area contributed by atoms with Crippen LogP contribution in [0.4, 0.5) is 0 Å². The number of hydrogen-bond acceptors (Lipinski definition) is 0. The molecule has 12 heavy (non-hydrogen) atoms. The molecule has 0 heterocycles. The van der Waals surface area contributed by atoms with E-state index in [0.29, 0.717) is 10.8 Å². The van der Waals surface area contributed by atoms with Gasteiger partial charge in [-0.05, 0) is 24.2 Å². The zero-order chi connectivity index (χ0) is 8.28. The minimum atomic E-state index is 0. The predicted molar refractivity (Wildman–Crippen MR) is 45.9 cm³/mol. The van der Waals surface area contributed by atoms with Gasteiger partial charge < -0.3 is 18.1 Å². The van der Waals surface area contributed by atoms with Crippen LogP contribution in [0.5, 0.6) is 0 Å². The molecule has 0 amide bonds. The van der Waals surface area contributed by atoms with E-state index < -0.39 is 0 Å². The summed E-state index contributed by atoms with van der Waals surface area (Å²) in [4.78, 5) is 0. The van der Waals surface area contributed by atoms with Gasteiger partial charge in [-0.25, -0.2) is 0 Å². The first kappa shape index (κ1) is 10.3. The van der Waals surface area contributed by atoms with Crippen molar-refractivity contribution in [3.63, 3.8) is 0 Å². The topological polar surface area (TPSA) is 27.6 Å². The molecule has 2 aliphatic carbocycles. The summed E-state index contributed by atoms with van der Waals surface area (Å²) >= 11 is 0. The minimum absolute atomic E-state index is 0. The van der Waals surface area contributed by atoms with Crippen LogP contribution in [0.15, 0.2) is 0 Å². The highest BCUT2D eigenvalue weighted by molar-refractivity contribution is 5.09. The summed E-state index contributed by atoms with van der Waals surface area (Å²) < 4.78 is 0. The van der Waals surface area contributed by atoms with Gasteiger partial charge in [-0.15, -0.1) is 0 Å². The van der Waals surface area contributed by atoms with Crippen LogP contribution in [0, 0.1) is 16.7 Å². The minimum Gasteiger partial charge on any atom is -1.00 e. The number of hydrogen-bond donors (Lipinski definition) is 1. The van der Waals surface area contributed by atoms with E-state index >= 15 is 0 Å². The molecule has 2 bridgehead atoms. The Morgan fingerprint density at radius 1 is 1.25 bits per heavy atom. The number of quaternary nitrogens is 1. The zero-order valence-electron chi connectivity index (χ0n) is 8.36. The standard InChI is InChI=1S/C10H19N.ClH/c1-9(2)7-4-5-10(9,3)8(11)6-7;/h7-8H,4-6,11H2,1-3H3;1H/t7-,8+,10+;/m1./s1. The van der Waals surface area contributed by atoms with E-state index in [4.69, 9.17) is 0 Å². The summed E-state index contributed by atoms with van der Waals surface area (Å²) in [5, 5.41) is 0. The van der Waals surface area contributed by atoms with Crippen LogP contribution in [0.2, 0.25) is 0 Å². The second-order valence-electron chi connectivity index (χ2n) is 5.31. The van der Waals surface area contributed by atoms with Gasteiger partial charge in [0.25, 0.3) is 0 Å². The molecule has 2 saturated carbocycles. The fourth-order valence-electron chi connectivity index (χ4n) is 3.37. The fraction of sp³-hybridized carbons (Fsp3) is 1.00. The molecule has 2 fully saturated rings. The maximum absolute atomic E-state index is 4.29. The molecule has 0 aromatic carbocycles. The highest BCUT2D eigenvalue weighted by Crippen LogP contribution is 2.64. The van der Waals surface area contributed by atoms with Gasteiger partial charge in [0, 0.05) is 11.8 Å². The Bertz CT molecular complexity index is 190. The van der Waals surface area contributed by atoms with Crippen LogP contribution in [0.25, 0.3) is 0 Å². The van der Waals surface area contributed by atoms with E-state index in [1.54, 1.807) is 0 Å². The largest absolute Gasteiger partial charge is 1.00 e. The lowest BCUT2D eigenvalue weighted by atomic mass is 9.69. The van der Waals surface area contributed by atoms with E-state index in [-0.39, 0.29) is 12.4 Å². The SMILES string of the molecule is CC1(C)[C@@H]2CC[C@@]1(C)[C@@H]([NH3+])C2.[Cl-]. The Kier molecular flexibility index (Phi) is 2.25. The Morgan fingerprint density at radius 3 is 2.00 bits per heavy atom. The quantitative estimate of drug-likeness (QED) is 0.478. The molecule has 72 valence electrons. The Labute approximate surface area is 81.5 Å². The van der Waals surface area contributed by atoms with Gasteiger partial charge in [-0.3, -0.25) is 0 Å². The molecule has 0 radical (unpaired) electrons. The van der Waals surface area contributed by atoms with Crippen molar-refractivity contribution in [3.05, 3.63) is 0 Å². The highest BCUT2D eigenvalue weighted by atomic mass is 35.5. The summed E-state index contributed by atoms with van der Waals surface area (Å²) in [6.07, 6.45) is 4.25. The van der Waals surface area contributed by atoms with Crippen molar-refractivity contribution in [1.29, 1.82) is 0 Å². The monoisotopic (exact) mass is 189 g/mol. The summed E-state index contributed by atoms with van der Waals surface area (Å²) in [6, 6.07) is 0.719. The van der Waals surface area contributed by atoms with Gasteiger partial charge >= 0.3 is 0 Å². The average molecular weight is 190 g/mol. The molecule has 2 aliphatic rings. The molecule has 0 saturated heterocycles. The van der Waals surface area contributed by atoms with Gasteiger partial charge in [0.15, 0.2) is 0 Å². The maximum atomic E-state index is 4.29. The highest BCUT2D eigenvalue weighted by Gasteiger charge is 2.62. The van der Waals surface area contributed by atoms with Crippen molar-refractivity contribution >= 4 is 0 Å². The third-order valence-electron chi connectivity index (χ3n) is 4.97. The van der Waals surface area contributed by atoms with E-state index in [9.17, 15) is 0 Å². The van der Waals surface area contributed by atoms with Gasteiger partial charge in [-0.1, -0.05) is 20.8 Å². The molecule has 0 aromatic rings. The normalized spacial score (nSPS) is 49.0. The first-order valence-corrected chi connectivity index (χ1v) is 4.81.